The van der Waals surface area contributed by atoms with Gasteiger partial charge in [0.2, 0.25) is 0 Å². The second-order valence-corrected chi connectivity index (χ2v) is 8.51. The molecule has 1 nitrogen and oxygen atoms in total. The summed E-state index contributed by atoms with van der Waals surface area (Å²) in [6, 6.07) is 9.03. The first kappa shape index (κ1) is 15.1. The van der Waals surface area contributed by atoms with E-state index in [4.69, 9.17) is 5.73 Å². The quantitative estimate of drug-likeness (QED) is 0.779. The summed E-state index contributed by atoms with van der Waals surface area (Å²) in [5.41, 5.74) is 10.1. The van der Waals surface area contributed by atoms with E-state index in [0.29, 0.717) is 5.41 Å². The van der Waals surface area contributed by atoms with Gasteiger partial charge in [0.15, 0.2) is 0 Å². The molecule has 0 heterocycles. The Bertz CT molecular complexity index is 485. The van der Waals surface area contributed by atoms with Crippen LogP contribution in [0.3, 0.4) is 0 Å². The summed E-state index contributed by atoms with van der Waals surface area (Å²) in [5.74, 6) is 1.62. The molecule has 0 radical (unpaired) electrons. The van der Waals surface area contributed by atoms with Crippen LogP contribution in [0.4, 0.5) is 0 Å². The van der Waals surface area contributed by atoms with Crippen molar-refractivity contribution in [2.75, 3.05) is 0 Å². The van der Waals surface area contributed by atoms with E-state index >= 15 is 0 Å². The van der Waals surface area contributed by atoms with Crippen molar-refractivity contribution in [1.29, 1.82) is 0 Å². The number of nitrogens with two attached hydrogens (primary N) is 1. The fraction of sp³-hybridized carbons (Fsp3) is 0.700. The van der Waals surface area contributed by atoms with Gasteiger partial charge in [-0.3, -0.25) is 0 Å². The molecule has 0 spiro atoms. The van der Waals surface area contributed by atoms with Crippen LogP contribution in [-0.4, -0.2) is 0 Å². The van der Waals surface area contributed by atoms with Crippen LogP contribution >= 0.6 is 0 Å². The Morgan fingerprint density at radius 3 is 2.14 bits per heavy atom. The normalized spacial score (nSPS) is 29.0. The average Bonchev–Trinajstić information content (AvgIpc) is 2.44. The average molecular weight is 285 g/mol. The lowest BCUT2D eigenvalue weighted by Gasteiger charge is -2.42. The van der Waals surface area contributed by atoms with Gasteiger partial charge in [-0.25, -0.2) is 0 Å². The Morgan fingerprint density at radius 1 is 1.00 bits per heavy atom. The maximum absolute atomic E-state index is 6.63. The van der Waals surface area contributed by atoms with Crippen LogP contribution in [0.1, 0.15) is 82.8 Å². The fourth-order valence-electron chi connectivity index (χ4n) is 4.40. The fourth-order valence-corrected chi connectivity index (χ4v) is 4.40. The van der Waals surface area contributed by atoms with Crippen molar-refractivity contribution in [2.45, 2.75) is 77.2 Å². The molecule has 21 heavy (non-hydrogen) atoms. The highest BCUT2D eigenvalue weighted by Crippen LogP contribution is 2.47. The van der Waals surface area contributed by atoms with Crippen LogP contribution in [0, 0.1) is 11.3 Å². The number of hydrogen-bond donors (Lipinski definition) is 1. The van der Waals surface area contributed by atoms with Gasteiger partial charge in [0.05, 0.1) is 0 Å². The lowest BCUT2D eigenvalue weighted by atomic mass is 9.65. The highest BCUT2D eigenvalue weighted by Gasteiger charge is 2.38. The molecule has 2 saturated carbocycles. The van der Waals surface area contributed by atoms with Gasteiger partial charge < -0.3 is 5.73 Å². The Kier molecular flexibility index (Phi) is 3.90. The van der Waals surface area contributed by atoms with Crippen molar-refractivity contribution in [3.63, 3.8) is 0 Å². The van der Waals surface area contributed by atoms with Crippen molar-refractivity contribution in [2.24, 2.45) is 17.1 Å². The smallest absolute Gasteiger partial charge is 0.0412 e. The summed E-state index contributed by atoms with van der Waals surface area (Å²) < 4.78 is 0. The monoisotopic (exact) mass is 285 g/mol. The first-order chi connectivity index (χ1) is 9.90. The van der Waals surface area contributed by atoms with E-state index in [-0.39, 0.29) is 5.54 Å². The van der Waals surface area contributed by atoms with E-state index in [9.17, 15) is 0 Å². The van der Waals surface area contributed by atoms with Crippen LogP contribution in [0.25, 0.3) is 0 Å². The highest BCUT2D eigenvalue weighted by molar-refractivity contribution is 5.37. The second kappa shape index (κ2) is 5.43. The third-order valence-electron chi connectivity index (χ3n) is 6.13. The van der Waals surface area contributed by atoms with E-state index < -0.39 is 0 Å². The van der Waals surface area contributed by atoms with Crippen LogP contribution in [0.5, 0.6) is 0 Å². The minimum absolute atomic E-state index is 0.0164. The van der Waals surface area contributed by atoms with Crippen LogP contribution < -0.4 is 5.73 Å². The second-order valence-electron chi connectivity index (χ2n) is 8.51. The molecule has 0 atom stereocenters. The molecule has 2 aliphatic rings. The van der Waals surface area contributed by atoms with Crippen molar-refractivity contribution < 1.29 is 0 Å². The minimum Gasteiger partial charge on any atom is -0.321 e. The molecule has 1 aromatic carbocycles. The van der Waals surface area contributed by atoms with Crippen LogP contribution in [-0.2, 0) is 5.54 Å². The number of rotatable bonds is 2. The zero-order chi connectivity index (χ0) is 15.1. The summed E-state index contributed by atoms with van der Waals surface area (Å²) >= 11 is 0. The minimum atomic E-state index is -0.0164. The van der Waals surface area contributed by atoms with E-state index in [0.717, 1.165) is 11.8 Å². The SMILES string of the molecule is CC(C)(C)C1CCC(c2ccccc2C2(N)CCC2)CC1. The molecule has 0 amide bonds. The molecule has 0 saturated heterocycles. The molecular weight excluding hydrogens is 254 g/mol. The lowest BCUT2D eigenvalue weighted by molar-refractivity contribution is 0.167. The molecule has 2 N–H and O–H groups in total. The Hall–Kier alpha value is -0.820. The number of hydrogen-bond acceptors (Lipinski definition) is 1. The largest absolute Gasteiger partial charge is 0.321 e. The van der Waals surface area contributed by atoms with Gasteiger partial charge in [0.25, 0.3) is 0 Å². The Labute approximate surface area is 130 Å². The molecule has 116 valence electrons. The predicted molar refractivity (Wildman–Crippen MR) is 90.3 cm³/mol. The Morgan fingerprint density at radius 2 is 1.62 bits per heavy atom. The van der Waals surface area contributed by atoms with E-state index in [2.05, 4.69) is 45.0 Å². The molecule has 3 rings (SSSR count). The van der Waals surface area contributed by atoms with Crippen molar-refractivity contribution in [1.82, 2.24) is 0 Å². The van der Waals surface area contributed by atoms with Crippen LogP contribution in [0.15, 0.2) is 24.3 Å². The Balaban J connectivity index is 1.77. The van der Waals surface area contributed by atoms with Crippen molar-refractivity contribution in [3.05, 3.63) is 35.4 Å². The van der Waals surface area contributed by atoms with Crippen molar-refractivity contribution in [3.8, 4) is 0 Å². The third kappa shape index (κ3) is 2.90. The molecule has 0 bridgehead atoms. The van der Waals surface area contributed by atoms with Crippen LogP contribution in [0.2, 0.25) is 0 Å². The summed E-state index contributed by atoms with van der Waals surface area (Å²) in [5, 5.41) is 0. The first-order valence-corrected chi connectivity index (χ1v) is 8.78. The third-order valence-corrected chi connectivity index (χ3v) is 6.13. The molecule has 1 aromatic rings. The van der Waals surface area contributed by atoms with Gasteiger partial charge in [-0.2, -0.15) is 0 Å². The van der Waals surface area contributed by atoms with Gasteiger partial charge in [0.1, 0.15) is 0 Å². The standard InChI is InChI=1S/C20H31N/c1-19(2,3)16-11-9-15(10-12-16)17-7-4-5-8-18(17)20(21)13-6-14-20/h4-5,7-8,15-16H,6,9-14,21H2,1-3H3. The molecule has 1 heteroatoms. The van der Waals surface area contributed by atoms with Gasteiger partial charge in [-0.05, 0) is 73.3 Å². The van der Waals surface area contributed by atoms with Gasteiger partial charge >= 0.3 is 0 Å². The van der Waals surface area contributed by atoms with E-state index in [1.165, 1.54) is 50.5 Å². The predicted octanol–water partition coefficient (Wildman–Crippen LogP) is 5.34. The topological polar surface area (TPSA) is 26.0 Å². The molecule has 2 aliphatic carbocycles. The highest BCUT2D eigenvalue weighted by atomic mass is 14.8. The zero-order valence-electron chi connectivity index (χ0n) is 14.0. The maximum Gasteiger partial charge on any atom is 0.0412 e. The van der Waals surface area contributed by atoms with Gasteiger partial charge in [0, 0.05) is 5.54 Å². The molecule has 0 unspecified atom stereocenters. The van der Waals surface area contributed by atoms with Gasteiger partial charge in [-0.15, -0.1) is 0 Å². The molecular formula is C20H31N. The molecule has 2 fully saturated rings. The van der Waals surface area contributed by atoms with Gasteiger partial charge in [-0.1, -0.05) is 45.0 Å². The zero-order valence-corrected chi connectivity index (χ0v) is 14.0. The maximum atomic E-state index is 6.63. The molecule has 0 aromatic heterocycles. The van der Waals surface area contributed by atoms with E-state index in [1.54, 1.807) is 5.56 Å². The molecule has 0 aliphatic heterocycles. The van der Waals surface area contributed by atoms with Crippen molar-refractivity contribution >= 4 is 0 Å². The summed E-state index contributed by atoms with van der Waals surface area (Å²) in [6.45, 7) is 7.19. The number of benzene rings is 1. The lowest BCUT2D eigenvalue weighted by Crippen LogP contribution is -2.44. The summed E-state index contributed by atoms with van der Waals surface area (Å²) in [7, 11) is 0. The summed E-state index contributed by atoms with van der Waals surface area (Å²) in [6.07, 6.45) is 9.06. The summed E-state index contributed by atoms with van der Waals surface area (Å²) in [4.78, 5) is 0. The van der Waals surface area contributed by atoms with E-state index in [1.807, 2.05) is 0 Å². The first-order valence-electron chi connectivity index (χ1n) is 8.78.